The molecule has 2 heterocycles. The van der Waals surface area contributed by atoms with Crippen LogP contribution in [0.15, 0.2) is 78.1 Å². The number of hydrogen-bond donors (Lipinski definition) is 0. The van der Waals surface area contributed by atoms with Gasteiger partial charge in [0, 0.05) is 46.3 Å². The van der Waals surface area contributed by atoms with E-state index in [2.05, 4.69) is 28.2 Å². The van der Waals surface area contributed by atoms with E-state index in [4.69, 9.17) is 0 Å². The van der Waals surface area contributed by atoms with Crippen LogP contribution in [0, 0.1) is 0 Å². The summed E-state index contributed by atoms with van der Waals surface area (Å²) in [5.74, 6) is 0. The van der Waals surface area contributed by atoms with Gasteiger partial charge in [0.05, 0.1) is 10.8 Å². The summed E-state index contributed by atoms with van der Waals surface area (Å²) in [4.78, 5) is 10.1. The predicted octanol–water partition coefficient (Wildman–Crippen LogP) is 6.18. The van der Waals surface area contributed by atoms with Gasteiger partial charge in [0.2, 0.25) is 0 Å². The summed E-state index contributed by atoms with van der Waals surface area (Å²) < 4.78 is 24.8. The maximum Gasteiger partial charge on any atom is 0.154 e. The molecule has 4 aromatic rings. The molecule has 0 radical (unpaired) electrons. The molecule has 0 aliphatic rings. The van der Waals surface area contributed by atoms with Crippen LogP contribution < -0.4 is 0 Å². The van der Waals surface area contributed by atoms with Crippen LogP contribution in [0.4, 0.5) is 0 Å². The Balaban J connectivity index is 1.91. The summed E-state index contributed by atoms with van der Waals surface area (Å²) in [6, 6.07) is 18.2. The minimum absolute atomic E-state index is 0.525. The van der Waals surface area contributed by atoms with Crippen molar-refractivity contribution in [1.82, 2.24) is 9.97 Å². The number of fused-ring (bicyclic) bond motifs is 1. The molecule has 2 aromatic carbocycles. The smallest absolute Gasteiger partial charge is 0.154 e. The third-order valence-corrected chi connectivity index (χ3v) is 7.78. The summed E-state index contributed by atoms with van der Waals surface area (Å²) in [7, 11) is -3.23. The van der Waals surface area contributed by atoms with E-state index in [1.807, 2.05) is 62.0 Å². The Morgan fingerprint density at radius 3 is 2.52 bits per heavy atom. The molecule has 4 nitrogen and oxygen atoms in total. The molecule has 0 N–H and O–H groups in total. The number of rotatable bonds is 6. The van der Waals surface area contributed by atoms with Crippen molar-refractivity contribution in [1.29, 1.82) is 0 Å². The average molecular weight is 449 g/mol. The topological polar surface area (TPSA) is 59.9 Å². The van der Waals surface area contributed by atoms with Crippen LogP contribution in [0.5, 0.6) is 0 Å². The molecule has 2 aromatic heterocycles. The van der Waals surface area contributed by atoms with Gasteiger partial charge < -0.3 is 0 Å². The fourth-order valence-electron chi connectivity index (χ4n) is 3.96. The maximum absolute atomic E-state index is 12.4. The standard InChI is InChI=1S/C25H24N2O2S2/c1-4-24(31(3,28)29)20-12-19-9-6-10-27-25(19)23(14-20)18-8-5-7-17(11-18)21-13-22(30-2)16-26-15-21/h5-16,24H,4H2,1-3H3. The van der Waals surface area contributed by atoms with Crippen LogP contribution in [0.2, 0.25) is 0 Å². The fourth-order valence-corrected chi connectivity index (χ4v) is 5.61. The van der Waals surface area contributed by atoms with Gasteiger partial charge >= 0.3 is 0 Å². The van der Waals surface area contributed by atoms with Crippen molar-refractivity contribution in [3.05, 3.63) is 78.8 Å². The highest BCUT2D eigenvalue weighted by atomic mass is 32.2. The van der Waals surface area contributed by atoms with Gasteiger partial charge in [-0.2, -0.15) is 0 Å². The second-order valence-corrected chi connectivity index (χ2v) is 10.7. The minimum atomic E-state index is -3.23. The number of thioether (sulfide) groups is 1. The molecular formula is C25H24N2O2S2. The SMILES string of the molecule is CCC(c1cc(-c2cccc(-c3cncc(SC)c3)c2)c2ncccc2c1)S(C)(=O)=O. The monoisotopic (exact) mass is 448 g/mol. The van der Waals surface area contributed by atoms with E-state index in [9.17, 15) is 8.42 Å². The Bertz CT molecular complexity index is 1350. The van der Waals surface area contributed by atoms with Crippen LogP contribution in [-0.4, -0.2) is 30.9 Å². The van der Waals surface area contributed by atoms with E-state index in [0.29, 0.717) is 6.42 Å². The zero-order valence-corrected chi connectivity index (χ0v) is 19.4. The van der Waals surface area contributed by atoms with Crippen LogP contribution in [-0.2, 0) is 9.84 Å². The summed E-state index contributed by atoms with van der Waals surface area (Å²) >= 11 is 1.66. The highest BCUT2D eigenvalue weighted by Gasteiger charge is 2.22. The minimum Gasteiger partial charge on any atom is -0.263 e. The Labute approximate surface area is 187 Å². The van der Waals surface area contributed by atoms with Gasteiger partial charge in [0.25, 0.3) is 0 Å². The van der Waals surface area contributed by atoms with Gasteiger partial charge in [-0.05, 0) is 59.7 Å². The van der Waals surface area contributed by atoms with Crippen LogP contribution in [0.1, 0.15) is 24.2 Å². The average Bonchev–Trinajstić information content (AvgIpc) is 2.78. The number of sulfone groups is 1. The van der Waals surface area contributed by atoms with Crippen molar-refractivity contribution in [2.24, 2.45) is 0 Å². The fraction of sp³-hybridized carbons (Fsp3) is 0.200. The quantitative estimate of drug-likeness (QED) is 0.330. The predicted molar refractivity (Wildman–Crippen MR) is 130 cm³/mol. The molecule has 0 bridgehead atoms. The molecule has 0 spiro atoms. The Morgan fingerprint density at radius 2 is 1.77 bits per heavy atom. The molecule has 6 heteroatoms. The molecule has 0 aliphatic carbocycles. The molecule has 1 atom stereocenters. The zero-order chi connectivity index (χ0) is 22.0. The third-order valence-electron chi connectivity index (χ3n) is 5.44. The van der Waals surface area contributed by atoms with Crippen molar-refractivity contribution in [3.8, 4) is 22.3 Å². The highest BCUT2D eigenvalue weighted by molar-refractivity contribution is 7.98. The molecule has 158 valence electrons. The van der Waals surface area contributed by atoms with Gasteiger partial charge in [0.15, 0.2) is 9.84 Å². The largest absolute Gasteiger partial charge is 0.263 e. The van der Waals surface area contributed by atoms with Gasteiger partial charge in [-0.1, -0.05) is 31.2 Å². The van der Waals surface area contributed by atoms with Gasteiger partial charge in [0.1, 0.15) is 0 Å². The summed E-state index contributed by atoms with van der Waals surface area (Å²) in [5, 5.41) is 0.398. The van der Waals surface area contributed by atoms with E-state index in [0.717, 1.165) is 43.6 Å². The van der Waals surface area contributed by atoms with E-state index >= 15 is 0 Å². The third kappa shape index (κ3) is 4.50. The number of pyridine rings is 2. The van der Waals surface area contributed by atoms with Crippen molar-refractivity contribution >= 4 is 32.5 Å². The molecule has 4 rings (SSSR count). The van der Waals surface area contributed by atoms with Gasteiger partial charge in [-0.15, -0.1) is 11.8 Å². The number of benzene rings is 2. The molecule has 0 amide bonds. The molecule has 31 heavy (non-hydrogen) atoms. The van der Waals surface area contributed by atoms with E-state index in [-0.39, 0.29) is 0 Å². The highest BCUT2D eigenvalue weighted by Crippen LogP contribution is 2.36. The van der Waals surface area contributed by atoms with Crippen LogP contribution in [0.25, 0.3) is 33.2 Å². The van der Waals surface area contributed by atoms with Crippen LogP contribution in [0.3, 0.4) is 0 Å². The summed E-state index contributed by atoms with van der Waals surface area (Å²) in [6.45, 7) is 1.91. The van der Waals surface area contributed by atoms with E-state index in [1.54, 1.807) is 18.0 Å². The second kappa shape index (κ2) is 8.81. The normalized spacial score (nSPS) is 12.7. The zero-order valence-electron chi connectivity index (χ0n) is 17.7. The van der Waals surface area contributed by atoms with Crippen molar-refractivity contribution in [2.75, 3.05) is 12.5 Å². The first-order valence-corrected chi connectivity index (χ1v) is 13.3. The molecule has 0 saturated carbocycles. The molecule has 1 unspecified atom stereocenters. The molecule has 0 fully saturated rings. The lowest BCUT2D eigenvalue weighted by Gasteiger charge is -2.17. The lowest BCUT2D eigenvalue weighted by molar-refractivity contribution is 0.585. The lowest BCUT2D eigenvalue weighted by atomic mass is 9.95. The summed E-state index contributed by atoms with van der Waals surface area (Å²) in [5.41, 5.74) is 5.71. The first kappa shape index (κ1) is 21.5. The summed E-state index contributed by atoms with van der Waals surface area (Å²) in [6.07, 6.45) is 9.36. The van der Waals surface area contributed by atoms with E-state index < -0.39 is 15.1 Å². The first-order valence-electron chi connectivity index (χ1n) is 10.1. The van der Waals surface area contributed by atoms with Gasteiger partial charge in [-0.25, -0.2) is 8.42 Å². The Kier molecular flexibility index (Phi) is 6.12. The van der Waals surface area contributed by atoms with E-state index in [1.165, 1.54) is 6.26 Å². The number of aromatic nitrogens is 2. The van der Waals surface area contributed by atoms with Crippen molar-refractivity contribution in [2.45, 2.75) is 23.5 Å². The molecule has 0 aliphatic heterocycles. The number of nitrogens with zero attached hydrogens (tertiary/aromatic N) is 2. The van der Waals surface area contributed by atoms with Crippen molar-refractivity contribution < 1.29 is 8.42 Å². The molecular weight excluding hydrogens is 424 g/mol. The number of hydrogen-bond acceptors (Lipinski definition) is 5. The second-order valence-electron chi connectivity index (χ2n) is 7.56. The molecule has 0 saturated heterocycles. The lowest BCUT2D eigenvalue weighted by Crippen LogP contribution is -2.10. The maximum atomic E-state index is 12.4. The Hall–Kier alpha value is -2.70. The van der Waals surface area contributed by atoms with Gasteiger partial charge in [-0.3, -0.25) is 9.97 Å². The Morgan fingerprint density at radius 1 is 0.968 bits per heavy atom. The van der Waals surface area contributed by atoms with Crippen molar-refractivity contribution in [3.63, 3.8) is 0 Å². The first-order chi connectivity index (χ1) is 14.9. The van der Waals surface area contributed by atoms with Crippen LogP contribution >= 0.6 is 11.8 Å².